The highest BCUT2D eigenvalue weighted by molar-refractivity contribution is 9.11. The van der Waals surface area contributed by atoms with Crippen LogP contribution in [0.3, 0.4) is 0 Å². The number of anilines is 1. The summed E-state index contributed by atoms with van der Waals surface area (Å²) in [6, 6.07) is 17.7. The number of nitriles is 1. The van der Waals surface area contributed by atoms with E-state index in [1.165, 1.54) is 35.6 Å². The van der Waals surface area contributed by atoms with E-state index in [4.69, 9.17) is 15.1 Å². The van der Waals surface area contributed by atoms with Gasteiger partial charge in [-0.1, -0.05) is 59.5 Å². The summed E-state index contributed by atoms with van der Waals surface area (Å²) in [6.07, 6.45) is 5.83. The zero-order valence-corrected chi connectivity index (χ0v) is 29.9. The number of carboxylic acid groups (broad SMARTS) is 1. The minimum absolute atomic E-state index is 0.0121. The molecule has 1 aromatic heterocycles. The number of hydrogen-bond donors (Lipinski definition) is 1. The van der Waals surface area contributed by atoms with Crippen molar-refractivity contribution < 1.29 is 23.8 Å². The molecule has 246 valence electrons. The van der Waals surface area contributed by atoms with Gasteiger partial charge in [-0.2, -0.15) is 10.4 Å². The van der Waals surface area contributed by atoms with E-state index in [1.807, 2.05) is 77.1 Å². The third kappa shape index (κ3) is 10.2. The summed E-state index contributed by atoms with van der Waals surface area (Å²) in [4.78, 5) is 22.3. The monoisotopic (exact) mass is 747 g/mol. The Morgan fingerprint density at radius 1 is 1.00 bits per heavy atom. The number of hydrogen-bond acceptors (Lipinski definition) is 10. The van der Waals surface area contributed by atoms with Crippen molar-refractivity contribution >= 4 is 73.9 Å². The van der Waals surface area contributed by atoms with Crippen molar-refractivity contribution in [3.8, 4) is 16.6 Å². The van der Waals surface area contributed by atoms with Crippen LogP contribution in [0.15, 0.2) is 75.8 Å². The Balaban J connectivity index is 0.000000220. The normalized spacial score (nSPS) is 12.9. The van der Waals surface area contributed by atoms with Crippen LogP contribution >= 0.6 is 39.0 Å². The summed E-state index contributed by atoms with van der Waals surface area (Å²) in [5.41, 5.74) is 5.95. The van der Waals surface area contributed by atoms with Gasteiger partial charge in [-0.05, 0) is 103 Å². The van der Waals surface area contributed by atoms with E-state index in [-0.39, 0.29) is 11.5 Å². The highest BCUT2D eigenvalue weighted by Crippen LogP contribution is 2.31. The van der Waals surface area contributed by atoms with Crippen LogP contribution in [-0.2, 0) is 14.3 Å². The first kappa shape index (κ1) is 36.2. The first-order chi connectivity index (χ1) is 22.7. The number of benzene rings is 3. The molecule has 2 heterocycles. The molecule has 0 saturated carbocycles. The van der Waals surface area contributed by atoms with Gasteiger partial charge >= 0.3 is 11.9 Å². The quantitative estimate of drug-likeness (QED) is 0.146. The lowest BCUT2D eigenvalue weighted by atomic mass is 10.1. The molecule has 9 nitrogen and oxygen atoms in total. The van der Waals surface area contributed by atoms with E-state index in [1.54, 1.807) is 28.9 Å². The molecule has 0 bridgehead atoms. The van der Waals surface area contributed by atoms with Crippen LogP contribution in [0.4, 0.5) is 10.1 Å². The lowest BCUT2D eigenvalue weighted by Gasteiger charge is -2.17. The van der Waals surface area contributed by atoms with Crippen molar-refractivity contribution in [1.82, 2.24) is 10.2 Å². The van der Waals surface area contributed by atoms with Crippen LogP contribution in [0.25, 0.3) is 22.7 Å². The minimum atomic E-state index is -0.992. The second-order valence-electron chi connectivity index (χ2n) is 11.4. The molecular formula is C35H31BrFN5O4S2. The number of thioether (sulfide) groups is 1. The molecule has 0 spiro atoms. The Kier molecular flexibility index (Phi) is 12.0. The van der Waals surface area contributed by atoms with Gasteiger partial charge in [0.2, 0.25) is 0 Å². The first-order valence-corrected chi connectivity index (χ1v) is 17.0. The van der Waals surface area contributed by atoms with Gasteiger partial charge in [-0.3, -0.25) is 5.01 Å². The highest BCUT2D eigenvalue weighted by atomic mass is 79.9. The average Bonchev–Trinajstić information content (AvgIpc) is 3.68. The maximum Gasteiger partial charge on any atom is 0.331 e. The Morgan fingerprint density at radius 2 is 1.65 bits per heavy atom. The zero-order valence-electron chi connectivity index (χ0n) is 26.7. The fourth-order valence-electron chi connectivity index (χ4n) is 4.36. The molecule has 48 heavy (non-hydrogen) atoms. The fraction of sp³-hybridized carbons (Fsp3) is 0.200. The molecular weight excluding hydrogens is 717 g/mol. The average molecular weight is 749 g/mol. The van der Waals surface area contributed by atoms with E-state index in [0.29, 0.717) is 11.6 Å². The van der Waals surface area contributed by atoms with Crippen LogP contribution in [0.2, 0.25) is 0 Å². The maximum absolute atomic E-state index is 13.5. The topological polar surface area (TPSA) is 129 Å². The van der Waals surface area contributed by atoms with Gasteiger partial charge in [0.15, 0.2) is 3.92 Å². The number of halogens is 2. The van der Waals surface area contributed by atoms with Gasteiger partial charge in [0.05, 0.1) is 17.1 Å². The molecule has 0 radical (unpaired) electrons. The van der Waals surface area contributed by atoms with Gasteiger partial charge in [-0.25, -0.2) is 14.0 Å². The second kappa shape index (κ2) is 16.0. The largest absolute Gasteiger partial charge is 0.478 e. The molecule has 1 aliphatic rings. The number of carbonyl (C=O) groups is 2. The molecule has 0 amide bonds. The van der Waals surface area contributed by atoms with Crippen molar-refractivity contribution in [1.29, 1.82) is 5.26 Å². The number of aromatic nitrogens is 2. The summed E-state index contributed by atoms with van der Waals surface area (Å²) in [5, 5.41) is 33.7. The molecule has 0 aliphatic carbocycles. The van der Waals surface area contributed by atoms with Crippen LogP contribution in [-0.4, -0.2) is 43.8 Å². The van der Waals surface area contributed by atoms with Gasteiger partial charge in [0, 0.05) is 23.3 Å². The summed E-state index contributed by atoms with van der Waals surface area (Å²) in [6.45, 7) is 9.48. The van der Waals surface area contributed by atoms with Crippen molar-refractivity contribution in [2.24, 2.45) is 5.10 Å². The van der Waals surface area contributed by atoms with Crippen molar-refractivity contribution in [2.75, 3.05) is 10.9 Å². The second-order valence-corrected chi connectivity index (χ2v) is 14.6. The summed E-state index contributed by atoms with van der Waals surface area (Å²) in [7, 11) is 0. The minimum Gasteiger partial charge on any atom is -0.478 e. The predicted octanol–water partition coefficient (Wildman–Crippen LogP) is 8.61. The van der Waals surface area contributed by atoms with Crippen LogP contribution < -0.4 is 5.01 Å². The molecule has 0 unspecified atom stereocenters. The van der Waals surface area contributed by atoms with Gasteiger partial charge in [-0.15, -0.1) is 10.2 Å². The maximum atomic E-state index is 13.5. The standard InChI is InChI=1S/C19H14FN3O2S.C16H17BrN2O2S/c1-12-8-13(3-7-18(24)25)2-5-16(12)19-22-23(11-26-19)15-4-6-17(20)14(9-15)10-21;1-10-9-11(6-8-13(20)21-16(2,3)4)5-7-12(10)14-18-19-15(17)22-14/h2-9H,11H2,1H3,(H,24,25);5-9H,1-4H3. The Bertz CT molecular complexity index is 1980. The number of aryl methyl sites for hydroxylation is 2. The van der Waals surface area contributed by atoms with E-state index < -0.39 is 17.4 Å². The predicted molar refractivity (Wildman–Crippen MR) is 193 cm³/mol. The van der Waals surface area contributed by atoms with E-state index >= 15 is 0 Å². The van der Waals surface area contributed by atoms with E-state index in [0.717, 1.165) is 53.4 Å². The SMILES string of the molecule is Cc1cc(C=CC(=O)O)ccc1C1=NN(c2ccc(F)c(C#N)c2)CS1.Cc1cc(C=CC(=O)OC(C)(C)C)ccc1-c1nnc(Br)s1. The Labute approximate surface area is 294 Å². The Morgan fingerprint density at radius 3 is 2.21 bits per heavy atom. The van der Waals surface area contributed by atoms with Crippen LogP contribution in [0.1, 0.15) is 54.2 Å². The lowest BCUT2D eigenvalue weighted by Crippen LogP contribution is -2.22. The number of hydrazone groups is 1. The molecule has 0 atom stereocenters. The third-order valence-electron chi connectivity index (χ3n) is 6.50. The molecule has 1 N–H and O–H groups in total. The van der Waals surface area contributed by atoms with Crippen molar-refractivity contribution in [3.05, 3.63) is 110 Å². The van der Waals surface area contributed by atoms with Crippen molar-refractivity contribution in [2.45, 2.75) is 40.2 Å². The molecule has 0 saturated heterocycles. The number of nitrogens with zero attached hydrogens (tertiary/aromatic N) is 5. The molecule has 0 fully saturated rings. The zero-order chi connectivity index (χ0) is 35.0. The summed E-state index contributed by atoms with van der Waals surface area (Å²) < 4.78 is 19.5. The van der Waals surface area contributed by atoms with E-state index in [9.17, 15) is 14.0 Å². The molecule has 5 rings (SSSR count). The number of carboxylic acids is 1. The van der Waals surface area contributed by atoms with Crippen LogP contribution in [0.5, 0.6) is 0 Å². The Hall–Kier alpha value is -4.64. The molecule has 4 aromatic rings. The van der Waals surface area contributed by atoms with E-state index in [2.05, 4.69) is 31.2 Å². The molecule has 13 heteroatoms. The first-order valence-electron chi connectivity index (χ1n) is 14.4. The van der Waals surface area contributed by atoms with Crippen molar-refractivity contribution in [3.63, 3.8) is 0 Å². The summed E-state index contributed by atoms with van der Waals surface area (Å²) >= 11 is 6.34. The molecule has 3 aromatic carbocycles. The number of aliphatic carboxylic acids is 1. The summed E-state index contributed by atoms with van der Waals surface area (Å²) in [5.74, 6) is -1.32. The number of rotatable bonds is 7. The molecule has 1 aliphatic heterocycles. The number of carbonyl (C=O) groups excluding carboxylic acids is 1. The van der Waals surface area contributed by atoms with Gasteiger partial charge in [0.1, 0.15) is 27.5 Å². The smallest absolute Gasteiger partial charge is 0.331 e. The van der Waals surface area contributed by atoms with Crippen LogP contribution in [0, 0.1) is 31.0 Å². The lowest BCUT2D eigenvalue weighted by molar-refractivity contribution is -0.148. The van der Waals surface area contributed by atoms with Gasteiger partial charge < -0.3 is 9.84 Å². The highest BCUT2D eigenvalue weighted by Gasteiger charge is 2.20. The fourth-order valence-corrected chi connectivity index (χ4v) is 6.55. The third-order valence-corrected chi connectivity index (χ3v) is 8.84. The number of ether oxygens (including phenoxy) is 1. The number of esters is 1. The van der Waals surface area contributed by atoms with Gasteiger partial charge in [0.25, 0.3) is 0 Å².